The van der Waals surface area contributed by atoms with Gasteiger partial charge in [-0.05, 0) is 51.6 Å². The molecule has 5 heteroatoms. The fourth-order valence-electron chi connectivity index (χ4n) is 2.89. The van der Waals surface area contributed by atoms with E-state index in [0.29, 0.717) is 6.04 Å². The molecule has 0 aromatic carbocycles. The van der Waals surface area contributed by atoms with Crippen LogP contribution >= 0.6 is 24.8 Å². The number of aromatic nitrogens is 2. The Kier molecular flexibility index (Phi) is 5.77. The molecule has 1 fully saturated rings. The molecule has 0 saturated carbocycles. The predicted octanol–water partition coefficient (Wildman–Crippen LogP) is 2.53. The number of nitrogens with zero attached hydrogens (tertiary/aromatic N) is 2. The summed E-state index contributed by atoms with van der Waals surface area (Å²) in [4.78, 5) is 4.57. The maximum Gasteiger partial charge on any atom is 0.0954 e. The first-order valence-electron chi connectivity index (χ1n) is 6.20. The highest BCUT2D eigenvalue weighted by Gasteiger charge is 2.21. The highest BCUT2D eigenvalue weighted by Crippen LogP contribution is 2.26. The van der Waals surface area contributed by atoms with Crippen LogP contribution in [-0.2, 0) is 12.8 Å². The van der Waals surface area contributed by atoms with Crippen molar-refractivity contribution in [2.24, 2.45) is 0 Å². The number of hydrogen-bond donors (Lipinski definition) is 1. The Balaban J connectivity index is 0.000000722. The van der Waals surface area contributed by atoms with Gasteiger partial charge in [-0.3, -0.25) is 0 Å². The van der Waals surface area contributed by atoms with Crippen LogP contribution in [0.1, 0.15) is 43.1 Å². The molecule has 17 heavy (non-hydrogen) atoms. The SMILES string of the molecule is Cl.Cl.c1nc2c(n1C1CCNCC1)CCCC2. The molecule has 1 aromatic heterocycles. The van der Waals surface area contributed by atoms with Crippen molar-refractivity contribution >= 4 is 24.8 Å². The maximum absolute atomic E-state index is 4.57. The minimum absolute atomic E-state index is 0. The van der Waals surface area contributed by atoms with Crippen LogP contribution in [0.15, 0.2) is 6.33 Å². The van der Waals surface area contributed by atoms with Crippen molar-refractivity contribution in [3.63, 3.8) is 0 Å². The molecular formula is C12H21Cl2N3. The summed E-state index contributed by atoms with van der Waals surface area (Å²) < 4.78 is 2.47. The molecule has 2 heterocycles. The highest BCUT2D eigenvalue weighted by molar-refractivity contribution is 5.85. The summed E-state index contributed by atoms with van der Waals surface area (Å²) in [5.41, 5.74) is 2.91. The summed E-state index contributed by atoms with van der Waals surface area (Å²) in [6, 6.07) is 0.709. The van der Waals surface area contributed by atoms with Gasteiger partial charge in [0.1, 0.15) is 0 Å². The van der Waals surface area contributed by atoms with Crippen LogP contribution in [0.5, 0.6) is 0 Å². The molecule has 3 nitrogen and oxygen atoms in total. The first kappa shape index (κ1) is 14.8. The summed E-state index contributed by atoms with van der Waals surface area (Å²) in [5.74, 6) is 0. The predicted molar refractivity (Wildman–Crippen MR) is 74.5 cm³/mol. The average Bonchev–Trinajstić information content (AvgIpc) is 2.74. The Morgan fingerprint density at radius 3 is 2.59 bits per heavy atom. The van der Waals surface area contributed by atoms with E-state index in [1.165, 1.54) is 49.9 Å². The van der Waals surface area contributed by atoms with Crippen LogP contribution in [0.3, 0.4) is 0 Å². The zero-order valence-corrected chi connectivity index (χ0v) is 11.7. The summed E-state index contributed by atoms with van der Waals surface area (Å²) in [6.07, 6.45) is 9.75. The van der Waals surface area contributed by atoms with E-state index in [2.05, 4.69) is 21.2 Å². The summed E-state index contributed by atoms with van der Waals surface area (Å²) in [7, 11) is 0. The summed E-state index contributed by atoms with van der Waals surface area (Å²) >= 11 is 0. The molecule has 0 amide bonds. The van der Waals surface area contributed by atoms with Crippen molar-refractivity contribution in [3.05, 3.63) is 17.7 Å². The van der Waals surface area contributed by atoms with Crippen LogP contribution in [0.2, 0.25) is 0 Å². The van der Waals surface area contributed by atoms with Crippen molar-refractivity contribution in [3.8, 4) is 0 Å². The van der Waals surface area contributed by atoms with Gasteiger partial charge in [0.25, 0.3) is 0 Å². The monoisotopic (exact) mass is 277 g/mol. The van der Waals surface area contributed by atoms with Gasteiger partial charge < -0.3 is 9.88 Å². The molecule has 3 rings (SSSR count). The van der Waals surface area contributed by atoms with E-state index in [1.54, 1.807) is 0 Å². The number of fused-ring (bicyclic) bond motifs is 1. The Bertz CT molecular complexity index is 346. The number of rotatable bonds is 1. The Morgan fingerprint density at radius 2 is 1.82 bits per heavy atom. The molecule has 98 valence electrons. The van der Waals surface area contributed by atoms with Gasteiger partial charge in [0, 0.05) is 11.7 Å². The molecule has 1 aliphatic heterocycles. The standard InChI is InChI=1S/C12H19N3.2ClH/c1-2-4-12-11(3-1)14-9-15(12)10-5-7-13-8-6-10;;/h9-10,13H,1-8H2;2*1H. The third kappa shape index (κ3) is 2.95. The van der Waals surface area contributed by atoms with E-state index in [1.807, 2.05) is 0 Å². The molecule has 0 atom stereocenters. The largest absolute Gasteiger partial charge is 0.331 e. The van der Waals surface area contributed by atoms with E-state index in [9.17, 15) is 0 Å². The Morgan fingerprint density at radius 1 is 1.12 bits per heavy atom. The van der Waals surface area contributed by atoms with Crippen molar-refractivity contribution < 1.29 is 0 Å². The van der Waals surface area contributed by atoms with Gasteiger partial charge in [0.2, 0.25) is 0 Å². The lowest BCUT2D eigenvalue weighted by molar-refractivity contribution is 0.358. The highest BCUT2D eigenvalue weighted by atomic mass is 35.5. The van der Waals surface area contributed by atoms with E-state index >= 15 is 0 Å². The van der Waals surface area contributed by atoms with Crippen molar-refractivity contribution in [1.29, 1.82) is 0 Å². The van der Waals surface area contributed by atoms with Gasteiger partial charge in [0.05, 0.1) is 12.0 Å². The zero-order valence-electron chi connectivity index (χ0n) is 10.0. The van der Waals surface area contributed by atoms with Crippen molar-refractivity contribution in [1.82, 2.24) is 14.9 Å². The molecule has 0 unspecified atom stereocenters. The molecule has 1 aliphatic carbocycles. The molecule has 0 radical (unpaired) electrons. The lowest BCUT2D eigenvalue weighted by Crippen LogP contribution is -2.30. The number of aryl methyl sites for hydroxylation is 1. The maximum atomic E-state index is 4.57. The fourth-order valence-corrected chi connectivity index (χ4v) is 2.89. The van der Waals surface area contributed by atoms with Gasteiger partial charge in [-0.25, -0.2) is 4.98 Å². The quantitative estimate of drug-likeness (QED) is 0.855. The first-order valence-corrected chi connectivity index (χ1v) is 6.20. The summed E-state index contributed by atoms with van der Waals surface area (Å²) in [5, 5.41) is 3.42. The lowest BCUT2D eigenvalue weighted by Gasteiger charge is -2.26. The molecule has 0 bridgehead atoms. The van der Waals surface area contributed by atoms with Crippen LogP contribution in [0.4, 0.5) is 0 Å². The minimum atomic E-state index is 0. The second kappa shape index (κ2) is 6.62. The zero-order chi connectivity index (χ0) is 10.1. The van der Waals surface area contributed by atoms with Gasteiger partial charge in [-0.15, -0.1) is 24.8 Å². The third-order valence-corrected chi connectivity index (χ3v) is 3.76. The van der Waals surface area contributed by atoms with Crippen LogP contribution in [0, 0.1) is 0 Å². The van der Waals surface area contributed by atoms with Gasteiger partial charge in [0.15, 0.2) is 0 Å². The third-order valence-electron chi connectivity index (χ3n) is 3.76. The van der Waals surface area contributed by atoms with E-state index in [4.69, 9.17) is 0 Å². The van der Waals surface area contributed by atoms with Crippen molar-refractivity contribution in [2.45, 2.75) is 44.6 Å². The second-order valence-electron chi connectivity index (χ2n) is 4.73. The molecule has 1 saturated heterocycles. The van der Waals surface area contributed by atoms with Crippen molar-refractivity contribution in [2.75, 3.05) is 13.1 Å². The molecular weight excluding hydrogens is 257 g/mol. The Hall–Kier alpha value is -0.250. The molecule has 1 aromatic rings. The smallest absolute Gasteiger partial charge is 0.0954 e. The normalized spacial score (nSPS) is 20.0. The Labute approximate surface area is 115 Å². The summed E-state index contributed by atoms with van der Waals surface area (Å²) in [6.45, 7) is 2.33. The van der Waals surface area contributed by atoms with E-state index in [0.717, 1.165) is 13.1 Å². The fraction of sp³-hybridized carbons (Fsp3) is 0.750. The first-order chi connectivity index (χ1) is 7.45. The second-order valence-corrected chi connectivity index (χ2v) is 4.73. The molecule has 0 spiro atoms. The van der Waals surface area contributed by atoms with E-state index in [-0.39, 0.29) is 24.8 Å². The number of halogens is 2. The number of piperidine rings is 1. The average molecular weight is 278 g/mol. The van der Waals surface area contributed by atoms with Gasteiger partial charge in [-0.1, -0.05) is 0 Å². The van der Waals surface area contributed by atoms with Crippen LogP contribution < -0.4 is 5.32 Å². The topological polar surface area (TPSA) is 29.9 Å². The van der Waals surface area contributed by atoms with Crippen LogP contribution in [0.25, 0.3) is 0 Å². The lowest BCUT2D eigenvalue weighted by atomic mass is 9.99. The number of hydrogen-bond acceptors (Lipinski definition) is 2. The molecule has 2 aliphatic rings. The molecule has 1 N–H and O–H groups in total. The number of imidazole rings is 1. The van der Waals surface area contributed by atoms with Gasteiger partial charge in [-0.2, -0.15) is 0 Å². The van der Waals surface area contributed by atoms with E-state index < -0.39 is 0 Å². The minimum Gasteiger partial charge on any atom is -0.331 e. The van der Waals surface area contributed by atoms with Crippen LogP contribution in [-0.4, -0.2) is 22.6 Å². The number of nitrogens with one attached hydrogen (secondary N) is 1. The van der Waals surface area contributed by atoms with Gasteiger partial charge >= 0.3 is 0 Å².